The number of nitrogens with one attached hydrogen (secondary N) is 1. The monoisotopic (exact) mass is 218 g/mol. The van der Waals surface area contributed by atoms with Gasteiger partial charge in [-0.1, -0.05) is 11.6 Å². The molecule has 1 heterocycles. The molecule has 1 aromatic rings. The van der Waals surface area contributed by atoms with Crippen LogP contribution in [0, 0.1) is 0 Å². The van der Waals surface area contributed by atoms with Gasteiger partial charge in [0.15, 0.2) is 0 Å². The molecule has 0 aliphatic rings. The fourth-order valence-corrected chi connectivity index (χ4v) is 2.52. The standard InChI is InChI=1S/C9H15ClN2S/c1-11-8(6-12(2)3)9-7(10)4-5-13-9/h4-5,8,11H,6H2,1-3H3. The number of hydrogen-bond donors (Lipinski definition) is 1. The second-order valence-electron chi connectivity index (χ2n) is 3.24. The van der Waals surface area contributed by atoms with Crippen LogP contribution in [0.2, 0.25) is 5.02 Å². The maximum atomic E-state index is 6.05. The molecule has 1 aromatic heterocycles. The number of nitrogens with zero attached hydrogens (tertiary/aromatic N) is 1. The minimum Gasteiger partial charge on any atom is -0.311 e. The zero-order valence-electron chi connectivity index (χ0n) is 8.17. The Kier molecular flexibility index (Phi) is 4.19. The zero-order valence-corrected chi connectivity index (χ0v) is 9.75. The average molecular weight is 219 g/mol. The highest BCUT2D eigenvalue weighted by Crippen LogP contribution is 2.28. The van der Waals surface area contributed by atoms with E-state index in [2.05, 4.69) is 24.3 Å². The molecule has 2 nitrogen and oxygen atoms in total. The zero-order chi connectivity index (χ0) is 9.84. The quantitative estimate of drug-likeness (QED) is 0.834. The molecule has 0 aliphatic heterocycles. The topological polar surface area (TPSA) is 15.3 Å². The van der Waals surface area contributed by atoms with Gasteiger partial charge in [-0.2, -0.15) is 0 Å². The van der Waals surface area contributed by atoms with Crippen LogP contribution in [0.5, 0.6) is 0 Å². The Morgan fingerprint density at radius 1 is 1.62 bits per heavy atom. The third-order valence-electron chi connectivity index (χ3n) is 1.86. The lowest BCUT2D eigenvalue weighted by Gasteiger charge is -2.19. The number of likely N-dealkylation sites (N-methyl/N-ethyl adjacent to an activating group) is 2. The van der Waals surface area contributed by atoms with E-state index in [4.69, 9.17) is 11.6 Å². The fourth-order valence-electron chi connectivity index (χ4n) is 1.22. The lowest BCUT2D eigenvalue weighted by molar-refractivity contribution is 0.355. The molecule has 4 heteroatoms. The van der Waals surface area contributed by atoms with Crippen molar-refractivity contribution in [1.82, 2.24) is 10.2 Å². The highest BCUT2D eigenvalue weighted by atomic mass is 35.5. The van der Waals surface area contributed by atoms with Gasteiger partial charge in [-0.3, -0.25) is 0 Å². The summed E-state index contributed by atoms with van der Waals surface area (Å²) in [7, 11) is 6.09. The van der Waals surface area contributed by atoms with E-state index in [-0.39, 0.29) is 0 Å². The minimum absolute atomic E-state index is 0.336. The Bertz CT molecular complexity index is 260. The first-order valence-electron chi connectivity index (χ1n) is 4.20. The molecule has 1 N–H and O–H groups in total. The Morgan fingerprint density at radius 3 is 2.69 bits per heavy atom. The van der Waals surface area contributed by atoms with E-state index in [1.54, 1.807) is 11.3 Å². The van der Waals surface area contributed by atoms with Crippen LogP contribution in [0.4, 0.5) is 0 Å². The smallest absolute Gasteiger partial charge is 0.0561 e. The molecule has 0 saturated carbocycles. The van der Waals surface area contributed by atoms with Crippen LogP contribution in [-0.2, 0) is 0 Å². The van der Waals surface area contributed by atoms with Gasteiger partial charge in [-0.25, -0.2) is 0 Å². The van der Waals surface area contributed by atoms with Crippen LogP contribution in [0.3, 0.4) is 0 Å². The van der Waals surface area contributed by atoms with Crippen LogP contribution in [-0.4, -0.2) is 32.6 Å². The normalized spacial score (nSPS) is 13.6. The average Bonchev–Trinajstić information content (AvgIpc) is 2.47. The summed E-state index contributed by atoms with van der Waals surface area (Å²) in [6, 6.07) is 2.28. The van der Waals surface area contributed by atoms with Crippen LogP contribution in [0.1, 0.15) is 10.9 Å². The summed E-state index contributed by atoms with van der Waals surface area (Å²) in [6.07, 6.45) is 0. The van der Waals surface area contributed by atoms with Crippen molar-refractivity contribution in [3.8, 4) is 0 Å². The number of rotatable bonds is 4. The lowest BCUT2D eigenvalue weighted by atomic mass is 10.2. The van der Waals surface area contributed by atoms with Crippen molar-refractivity contribution in [3.05, 3.63) is 21.3 Å². The molecule has 0 amide bonds. The summed E-state index contributed by atoms with van der Waals surface area (Å²) < 4.78 is 0. The highest BCUT2D eigenvalue weighted by molar-refractivity contribution is 7.10. The van der Waals surface area contributed by atoms with E-state index in [0.29, 0.717) is 6.04 Å². The molecule has 1 unspecified atom stereocenters. The summed E-state index contributed by atoms with van der Waals surface area (Å²) in [6.45, 7) is 0.969. The van der Waals surface area contributed by atoms with Crippen LogP contribution >= 0.6 is 22.9 Å². The van der Waals surface area contributed by atoms with Gasteiger partial charge in [0.1, 0.15) is 0 Å². The van der Waals surface area contributed by atoms with Crippen LogP contribution in [0.15, 0.2) is 11.4 Å². The Balaban J connectivity index is 2.72. The van der Waals surface area contributed by atoms with Crippen molar-refractivity contribution in [2.45, 2.75) is 6.04 Å². The predicted molar refractivity (Wildman–Crippen MR) is 59.7 cm³/mol. The van der Waals surface area contributed by atoms with Crippen molar-refractivity contribution >= 4 is 22.9 Å². The van der Waals surface area contributed by atoms with Crippen LogP contribution in [0.25, 0.3) is 0 Å². The summed E-state index contributed by atoms with van der Waals surface area (Å²) in [5, 5.41) is 6.15. The Morgan fingerprint density at radius 2 is 2.31 bits per heavy atom. The van der Waals surface area contributed by atoms with Gasteiger partial charge < -0.3 is 10.2 Å². The lowest BCUT2D eigenvalue weighted by Crippen LogP contribution is -2.28. The van der Waals surface area contributed by atoms with Gasteiger partial charge in [-0.15, -0.1) is 11.3 Å². The number of halogens is 1. The largest absolute Gasteiger partial charge is 0.311 e. The number of hydrogen-bond acceptors (Lipinski definition) is 3. The van der Waals surface area contributed by atoms with Crippen LogP contribution < -0.4 is 5.32 Å². The molecule has 0 fully saturated rings. The Labute approximate surface area is 88.5 Å². The third-order valence-corrected chi connectivity index (χ3v) is 3.33. The molecular weight excluding hydrogens is 204 g/mol. The van der Waals surface area contributed by atoms with Crippen molar-refractivity contribution in [2.75, 3.05) is 27.7 Å². The fraction of sp³-hybridized carbons (Fsp3) is 0.556. The molecule has 74 valence electrons. The van der Waals surface area contributed by atoms with Gasteiger partial charge >= 0.3 is 0 Å². The van der Waals surface area contributed by atoms with E-state index in [1.165, 1.54) is 4.88 Å². The van der Waals surface area contributed by atoms with Gasteiger partial charge in [0.05, 0.1) is 11.1 Å². The highest BCUT2D eigenvalue weighted by Gasteiger charge is 2.14. The molecular formula is C9H15ClN2S. The van der Waals surface area contributed by atoms with Crippen molar-refractivity contribution in [3.63, 3.8) is 0 Å². The summed E-state index contributed by atoms with van der Waals surface area (Å²) >= 11 is 7.75. The molecule has 0 saturated heterocycles. The first-order valence-corrected chi connectivity index (χ1v) is 5.45. The van der Waals surface area contributed by atoms with Gasteiger partial charge in [0.2, 0.25) is 0 Å². The van der Waals surface area contributed by atoms with E-state index < -0.39 is 0 Å². The minimum atomic E-state index is 0.336. The van der Waals surface area contributed by atoms with Gasteiger partial charge in [0.25, 0.3) is 0 Å². The first-order chi connectivity index (χ1) is 6.15. The Hall–Kier alpha value is -0.0900. The summed E-state index contributed by atoms with van der Waals surface area (Å²) in [5.41, 5.74) is 0. The third kappa shape index (κ3) is 2.95. The van der Waals surface area contributed by atoms with E-state index >= 15 is 0 Å². The molecule has 0 aromatic carbocycles. The first kappa shape index (κ1) is 11.0. The molecule has 1 atom stereocenters. The van der Waals surface area contributed by atoms with Crippen molar-refractivity contribution in [2.24, 2.45) is 0 Å². The van der Waals surface area contributed by atoms with Crippen molar-refractivity contribution in [1.29, 1.82) is 0 Å². The second-order valence-corrected chi connectivity index (χ2v) is 4.59. The van der Waals surface area contributed by atoms with E-state index in [1.807, 2.05) is 18.5 Å². The maximum absolute atomic E-state index is 6.05. The van der Waals surface area contributed by atoms with Gasteiger partial charge in [-0.05, 0) is 32.6 Å². The molecule has 0 spiro atoms. The maximum Gasteiger partial charge on any atom is 0.0561 e. The van der Waals surface area contributed by atoms with E-state index in [0.717, 1.165) is 11.6 Å². The molecule has 0 bridgehead atoms. The summed E-state index contributed by atoms with van der Waals surface area (Å²) in [4.78, 5) is 3.37. The predicted octanol–water partition coefficient (Wildman–Crippen LogP) is 2.22. The molecule has 0 aliphatic carbocycles. The SMILES string of the molecule is CNC(CN(C)C)c1sccc1Cl. The van der Waals surface area contributed by atoms with E-state index in [9.17, 15) is 0 Å². The second kappa shape index (κ2) is 4.96. The molecule has 13 heavy (non-hydrogen) atoms. The number of thiophene rings is 1. The van der Waals surface area contributed by atoms with Crippen molar-refractivity contribution < 1.29 is 0 Å². The molecule has 1 rings (SSSR count). The van der Waals surface area contributed by atoms with Gasteiger partial charge in [0, 0.05) is 11.4 Å². The molecule has 0 radical (unpaired) electrons. The summed E-state index contributed by atoms with van der Waals surface area (Å²) in [5.74, 6) is 0.